The van der Waals surface area contributed by atoms with Crippen molar-refractivity contribution in [2.24, 2.45) is 5.92 Å². The van der Waals surface area contributed by atoms with Crippen molar-refractivity contribution in [3.05, 3.63) is 24.5 Å². The zero-order valence-corrected chi connectivity index (χ0v) is 11.1. The van der Waals surface area contributed by atoms with E-state index < -0.39 is 0 Å². The number of urea groups is 1. The molecular weight excluding hydrogens is 226 g/mol. The number of pyridine rings is 1. The fourth-order valence-corrected chi connectivity index (χ4v) is 2.44. The quantitative estimate of drug-likeness (QED) is 0.828. The minimum atomic E-state index is -0.00995. The SMILES string of the molecule is CC1CCCC(C)N(C(=O)Nc2cccnc2)C1. The summed E-state index contributed by atoms with van der Waals surface area (Å²) in [5.74, 6) is 0.578. The Morgan fingerprint density at radius 3 is 3.00 bits per heavy atom. The molecule has 1 aliphatic heterocycles. The molecule has 1 fully saturated rings. The smallest absolute Gasteiger partial charge is 0.322 e. The molecule has 0 bridgehead atoms. The number of aromatic nitrogens is 1. The molecule has 4 heteroatoms. The van der Waals surface area contributed by atoms with Crippen LogP contribution in [0.25, 0.3) is 0 Å². The number of carbonyl (C=O) groups excluding carboxylic acids is 1. The lowest BCUT2D eigenvalue weighted by atomic mass is 10.1. The molecule has 1 aromatic heterocycles. The maximum Gasteiger partial charge on any atom is 0.322 e. The number of anilines is 1. The number of hydrogen-bond donors (Lipinski definition) is 1. The van der Waals surface area contributed by atoms with E-state index in [1.165, 1.54) is 12.8 Å². The Morgan fingerprint density at radius 1 is 1.44 bits per heavy atom. The van der Waals surface area contributed by atoms with Crippen molar-refractivity contribution in [3.8, 4) is 0 Å². The van der Waals surface area contributed by atoms with Gasteiger partial charge in [0.1, 0.15) is 0 Å². The second-order valence-electron chi connectivity index (χ2n) is 5.21. The van der Waals surface area contributed by atoms with Crippen LogP contribution in [-0.2, 0) is 0 Å². The highest BCUT2D eigenvalue weighted by Gasteiger charge is 2.24. The van der Waals surface area contributed by atoms with Gasteiger partial charge in [-0.15, -0.1) is 0 Å². The number of nitrogens with one attached hydrogen (secondary N) is 1. The third kappa shape index (κ3) is 3.22. The lowest BCUT2D eigenvalue weighted by Crippen LogP contribution is -2.42. The summed E-state index contributed by atoms with van der Waals surface area (Å²) in [6.45, 7) is 5.18. The fraction of sp³-hybridized carbons (Fsp3) is 0.571. The van der Waals surface area contributed by atoms with E-state index in [1.807, 2.05) is 17.0 Å². The Kier molecular flexibility index (Phi) is 4.18. The monoisotopic (exact) mass is 247 g/mol. The molecule has 0 aliphatic carbocycles. The molecule has 4 nitrogen and oxygen atoms in total. The highest BCUT2D eigenvalue weighted by atomic mass is 16.2. The second-order valence-corrected chi connectivity index (χ2v) is 5.21. The van der Waals surface area contributed by atoms with E-state index in [2.05, 4.69) is 24.1 Å². The van der Waals surface area contributed by atoms with E-state index in [4.69, 9.17) is 0 Å². The van der Waals surface area contributed by atoms with E-state index >= 15 is 0 Å². The molecule has 0 radical (unpaired) electrons. The van der Waals surface area contributed by atoms with Crippen molar-refractivity contribution in [2.45, 2.75) is 39.2 Å². The molecule has 1 aliphatic rings. The number of likely N-dealkylation sites (tertiary alicyclic amines) is 1. The van der Waals surface area contributed by atoms with Crippen LogP contribution in [0.15, 0.2) is 24.5 Å². The summed E-state index contributed by atoms with van der Waals surface area (Å²) >= 11 is 0. The van der Waals surface area contributed by atoms with Gasteiger partial charge in [-0.25, -0.2) is 4.79 Å². The van der Waals surface area contributed by atoms with Crippen LogP contribution in [0.3, 0.4) is 0 Å². The molecule has 0 saturated carbocycles. The molecule has 2 unspecified atom stereocenters. The van der Waals surface area contributed by atoms with Crippen molar-refractivity contribution in [1.82, 2.24) is 9.88 Å². The molecular formula is C14H21N3O. The molecule has 1 N–H and O–H groups in total. The van der Waals surface area contributed by atoms with E-state index in [1.54, 1.807) is 12.4 Å². The van der Waals surface area contributed by atoms with Gasteiger partial charge in [-0.1, -0.05) is 13.3 Å². The minimum absolute atomic E-state index is 0.00995. The molecule has 0 spiro atoms. The first kappa shape index (κ1) is 12.9. The van der Waals surface area contributed by atoms with Gasteiger partial charge < -0.3 is 10.2 Å². The lowest BCUT2D eigenvalue weighted by Gasteiger charge is -2.28. The largest absolute Gasteiger partial charge is 0.322 e. The first-order chi connectivity index (χ1) is 8.66. The van der Waals surface area contributed by atoms with Crippen molar-refractivity contribution in [1.29, 1.82) is 0 Å². The summed E-state index contributed by atoms with van der Waals surface area (Å²) in [6.07, 6.45) is 6.88. The molecule has 1 aromatic rings. The van der Waals surface area contributed by atoms with E-state index in [0.717, 1.165) is 18.7 Å². The first-order valence-corrected chi connectivity index (χ1v) is 6.64. The van der Waals surface area contributed by atoms with Crippen LogP contribution in [0.5, 0.6) is 0 Å². The molecule has 2 atom stereocenters. The van der Waals surface area contributed by atoms with Crippen LogP contribution >= 0.6 is 0 Å². The topological polar surface area (TPSA) is 45.2 Å². The lowest BCUT2D eigenvalue weighted by molar-refractivity contribution is 0.187. The Balaban J connectivity index is 2.02. The molecule has 2 heterocycles. The van der Waals surface area contributed by atoms with Gasteiger partial charge in [0.2, 0.25) is 0 Å². The van der Waals surface area contributed by atoms with Crippen molar-refractivity contribution in [3.63, 3.8) is 0 Å². The Labute approximate surface area is 108 Å². The Hall–Kier alpha value is -1.58. The van der Waals surface area contributed by atoms with Crippen LogP contribution in [0.1, 0.15) is 33.1 Å². The number of carbonyl (C=O) groups is 1. The third-order valence-corrected chi connectivity index (χ3v) is 3.53. The second kappa shape index (κ2) is 5.85. The van der Waals surface area contributed by atoms with E-state index in [0.29, 0.717) is 12.0 Å². The van der Waals surface area contributed by atoms with Gasteiger partial charge in [0.25, 0.3) is 0 Å². The molecule has 0 aromatic carbocycles. The average molecular weight is 247 g/mol. The van der Waals surface area contributed by atoms with Gasteiger partial charge >= 0.3 is 6.03 Å². The Bertz CT molecular complexity index is 393. The number of amides is 2. The number of rotatable bonds is 1. The van der Waals surface area contributed by atoms with Gasteiger partial charge in [0.15, 0.2) is 0 Å². The molecule has 98 valence electrons. The van der Waals surface area contributed by atoms with Crippen molar-refractivity contribution in [2.75, 3.05) is 11.9 Å². The summed E-state index contributed by atoms with van der Waals surface area (Å²) in [7, 11) is 0. The normalized spacial score (nSPS) is 24.4. The van der Waals surface area contributed by atoms with Crippen LogP contribution < -0.4 is 5.32 Å². The summed E-state index contributed by atoms with van der Waals surface area (Å²) < 4.78 is 0. The van der Waals surface area contributed by atoms with E-state index in [-0.39, 0.29) is 6.03 Å². The van der Waals surface area contributed by atoms with Crippen molar-refractivity contribution < 1.29 is 4.79 Å². The van der Waals surface area contributed by atoms with Crippen LogP contribution in [0.4, 0.5) is 10.5 Å². The van der Waals surface area contributed by atoms with Crippen LogP contribution in [0.2, 0.25) is 0 Å². The van der Waals surface area contributed by atoms with Gasteiger partial charge in [-0.2, -0.15) is 0 Å². The predicted molar refractivity (Wildman–Crippen MR) is 72.4 cm³/mol. The highest BCUT2D eigenvalue weighted by molar-refractivity contribution is 5.89. The summed E-state index contributed by atoms with van der Waals surface area (Å²) in [5, 5.41) is 2.91. The maximum atomic E-state index is 12.3. The van der Waals surface area contributed by atoms with Gasteiger partial charge in [-0.05, 0) is 37.8 Å². The highest BCUT2D eigenvalue weighted by Crippen LogP contribution is 2.21. The standard InChI is InChI=1S/C14H21N3O/c1-11-5-3-6-12(2)17(10-11)14(18)16-13-7-4-8-15-9-13/h4,7-9,11-12H,3,5-6,10H2,1-2H3,(H,16,18). The maximum absolute atomic E-state index is 12.3. The van der Waals surface area contributed by atoms with E-state index in [9.17, 15) is 4.79 Å². The number of hydrogen-bond acceptors (Lipinski definition) is 2. The summed E-state index contributed by atoms with van der Waals surface area (Å²) in [5.41, 5.74) is 0.756. The fourth-order valence-electron chi connectivity index (χ4n) is 2.44. The summed E-state index contributed by atoms with van der Waals surface area (Å²) in [4.78, 5) is 18.2. The van der Waals surface area contributed by atoms with Gasteiger partial charge in [-0.3, -0.25) is 4.98 Å². The summed E-state index contributed by atoms with van der Waals surface area (Å²) in [6, 6.07) is 3.98. The van der Waals surface area contributed by atoms with Crippen LogP contribution in [0, 0.1) is 5.92 Å². The van der Waals surface area contributed by atoms with Crippen LogP contribution in [-0.4, -0.2) is 28.5 Å². The third-order valence-electron chi connectivity index (χ3n) is 3.53. The number of nitrogens with zero attached hydrogens (tertiary/aromatic N) is 2. The minimum Gasteiger partial charge on any atom is -0.322 e. The molecule has 18 heavy (non-hydrogen) atoms. The Morgan fingerprint density at radius 2 is 2.28 bits per heavy atom. The van der Waals surface area contributed by atoms with Crippen molar-refractivity contribution >= 4 is 11.7 Å². The molecule has 2 rings (SSSR count). The predicted octanol–water partition coefficient (Wildman–Crippen LogP) is 3.12. The molecule has 2 amide bonds. The average Bonchev–Trinajstić information content (AvgIpc) is 2.52. The van der Waals surface area contributed by atoms with Gasteiger partial charge in [0.05, 0.1) is 11.9 Å². The zero-order chi connectivity index (χ0) is 13.0. The molecule has 1 saturated heterocycles. The first-order valence-electron chi connectivity index (χ1n) is 6.64. The van der Waals surface area contributed by atoms with Gasteiger partial charge in [0, 0.05) is 18.8 Å². The zero-order valence-electron chi connectivity index (χ0n) is 11.1.